The molecule has 0 fully saturated rings. The number of ether oxygens (including phenoxy) is 4. The van der Waals surface area contributed by atoms with Gasteiger partial charge in [-0.25, -0.2) is 4.79 Å². The van der Waals surface area contributed by atoms with Gasteiger partial charge in [-0.1, -0.05) is 17.7 Å². The highest BCUT2D eigenvalue weighted by Crippen LogP contribution is 2.50. The smallest absolute Gasteiger partial charge is 0.416 e. The van der Waals surface area contributed by atoms with Gasteiger partial charge in [0.1, 0.15) is 0 Å². The Labute approximate surface area is 233 Å². The molecule has 1 atom stereocenters. The Balaban J connectivity index is 1.79. The molecule has 0 radical (unpaired) electrons. The zero-order valence-corrected chi connectivity index (χ0v) is 22.8. The lowest BCUT2D eigenvalue weighted by atomic mass is 9.95. The number of carbonyl (C=O) groups excluding carboxylic acids is 1. The lowest BCUT2D eigenvalue weighted by Gasteiger charge is -2.20. The summed E-state index contributed by atoms with van der Waals surface area (Å²) in [5.74, 6) is 1.28. The number of hydrogen-bond donors (Lipinski definition) is 2. The number of urea groups is 1. The van der Waals surface area contributed by atoms with Gasteiger partial charge in [-0.05, 0) is 65.9 Å². The predicted molar refractivity (Wildman–Crippen MR) is 144 cm³/mol. The van der Waals surface area contributed by atoms with E-state index in [2.05, 4.69) is 10.6 Å². The third kappa shape index (κ3) is 5.60. The number of rotatable bonds is 6. The molecule has 0 spiro atoms. The molecule has 1 aliphatic rings. The first kappa shape index (κ1) is 28.9. The molecule has 0 bridgehead atoms. The van der Waals surface area contributed by atoms with Crippen LogP contribution in [0.5, 0.6) is 23.0 Å². The predicted octanol–water partition coefficient (Wildman–Crippen LogP) is 6.23. The van der Waals surface area contributed by atoms with Gasteiger partial charge in [0, 0.05) is 5.56 Å². The number of aryl methyl sites for hydroxylation is 1. The quantitative estimate of drug-likeness (QED) is 0.360. The second-order valence-corrected chi connectivity index (χ2v) is 9.25. The van der Waals surface area contributed by atoms with E-state index in [0.717, 1.165) is 23.8 Å². The lowest BCUT2D eigenvalue weighted by molar-refractivity contribution is -0.137. The molecule has 0 heterocycles. The van der Waals surface area contributed by atoms with Crippen LogP contribution >= 0.6 is 11.6 Å². The highest BCUT2D eigenvalue weighted by molar-refractivity contribution is 6.33. The summed E-state index contributed by atoms with van der Waals surface area (Å²) in [6.45, 7) is 0. The maximum atomic E-state index is 13.0. The highest BCUT2D eigenvalue weighted by Gasteiger charge is 2.32. The van der Waals surface area contributed by atoms with E-state index in [9.17, 15) is 22.8 Å². The number of alkyl halides is 3. The molecule has 2 amide bonds. The largest absolute Gasteiger partial charge is 0.493 e. The van der Waals surface area contributed by atoms with Crippen molar-refractivity contribution in [2.75, 3.05) is 33.8 Å². The van der Waals surface area contributed by atoms with Gasteiger partial charge in [0.15, 0.2) is 17.2 Å². The minimum Gasteiger partial charge on any atom is -0.493 e. The number of hydrogen-bond acceptors (Lipinski definition) is 6. The van der Waals surface area contributed by atoms with Crippen molar-refractivity contribution in [2.45, 2.75) is 25.1 Å². The number of benzene rings is 2. The first-order valence-corrected chi connectivity index (χ1v) is 12.4. The Morgan fingerprint density at radius 2 is 1.62 bits per heavy atom. The second-order valence-electron chi connectivity index (χ2n) is 8.84. The van der Waals surface area contributed by atoms with Crippen LogP contribution in [-0.2, 0) is 12.6 Å². The van der Waals surface area contributed by atoms with Crippen LogP contribution in [0.15, 0.2) is 47.3 Å². The van der Waals surface area contributed by atoms with Crippen molar-refractivity contribution in [3.63, 3.8) is 0 Å². The molecule has 40 heavy (non-hydrogen) atoms. The summed E-state index contributed by atoms with van der Waals surface area (Å²) in [5, 5.41) is 5.05. The standard InChI is InChI=1S/C28H26ClF3N2O6/c1-37-22-10-7-16-17(13-21(22)35)19(8-5-14-11-23(38-2)25(39-3)26(40-4)24(14)16)33-27(36)34-20-9-6-15(12-18(20)29)28(30,31)32/h6-7,9-13,19H,5,8H2,1-4H3,(H2,33,34,36)/t19-/m0/s1. The number of carbonyl (C=O) groups is 1. The van der Waals surface area contributed by atoms with Crippen LogP contribution in [0, 0.1) is 0 Å². The van der Waals surface area contributed by atoms with Crippen molar-refractivity contribution in [2.24, 2.45) is 0 Å². The Morgan fingerprint density at radius 1 is 0.925 bits per heavy atom. The van der Waals surface area contributed by atoms with Gasteiger partial charge in [-0.3, -0.25) is 4.79 Å². The van der Waals surface area contributed by atoms with E-state index in [4.69, 9.17) is 30.5 Å². The maximum absolute atomic E-state index is 13.0. The molecule has 8 nitrogen and oxygen atoms in total. The van der Waals surface area contributed by atoms with Crippen LogP contribution in [0.1, 0.15) is 29.2 Å². The van der Waals surface area contributed by atoms with Gasteiger partial charge in [0.2, 0.25) is 11.2 Å². The van der Waals surface area contributed by atoms with E-state index in [0.29, 0.717) is 46.8 Å². The fourth-order valence-electron chi connectivity index (χ4n) is 4.73. The Hall–Kier alpha value is -4.12. The minimum atomic E-state index is -4.58. The number of methoxy groups -OCH3 is 4. The van der Waals surface area contributed by atoms with Crippen LogP contribution < -0.4 is 35.0 Å². The van der Waals surface area contributed by atoms with E-state index < -0.39 is 29.2 Å². The molecule has 0 saturated heterocycles. The molecule has 1 aliphatic carbocycles. The summed E-state index contributed by atoms with van der Waals surface area (Å²) in [5.41, 5.74) is 1.18. The van der Waals surface area contributed by atoms with Crippen molar-refractivity contribution >= 4 is 23.3 Å². The molecule has 0 aliphatic heterocycles. The van der Waals surface area contributed by atoms with Gasteiger partial charge >= 0.3 is 12.2 Å². The Morgan fingerprint density at radius 3 is 2.23 bits per heavy atom. The lowest BCUT2D eigenvalue weighted by Crippen LogP contribution is -2.33. The third-order valence-electron chi connectivity index (χ3n) is 6.57. The van der Waals surface area contributed by atoms with Gasteiger partial charge in [0.05, 0.1) is 50.8 Å². The van der Waals surface area contributed by atoms with Crippen LogP contribution in [0.3, 0.4) is 0 Å². The minimum absolute atomic E-state index is 0.00904. The second kappa shape index (κ2) is 11.5. The van der Waals surface area contributed by atoms with Gasteiger partial charge in [-0.2, -0.15) is 13.2 Å². The molecule has 12 heteroatoms. The van der Waals surface area contributed by atoms with Crippen LogP contribution in [0.4, 0.5) is 23.7 Å². The number of fused-ring (bicyclic) bond motifs is 3. The molecule has 0 unspecified atom stereocenters. The SMILES string of the molecule is COc1cc2c(c(OC)c1OC)-c1ccc(OC)c(=O)cc1[C@@H](NC(=O)Nc1ccc(C(F)(F)F)cc1Cl)CC2. The first-order chi connectivity index (χ1) is 19.0. The Bertz CT molecular complexity index is 1510. The normalized spacial score (nSPS) is 14.2. The zero-order chi connectivity index (χ0) is 29.2. The number of anilines is 1. The fourth-order valence-corrected chi connectivity index (χ4v) is 4.95. The van der Waals surface area contributed by atoms with E-state index >= 15 is 0 Å². The molecule has 0 saturated carbocycles. The molecule has 3 aromatic rings. The van der Waals surface area contributed by atoms with Crippen molar-refractivity contribution < 1.29 is 36.9 Å². The molecule has 4 rings (SSSR count). The number of amides is 2. The topological polar surface area (TPSA) is 95.1 Å². The monoisotopic (exact) mass is 578 g/mol. The highest BCUT2D eigenvalue weighted by atomic mass is 35.5. The molecular formula is C28H26ClF3N2O6. The Kier molecular flexibility index (Phi) is 8.34. The van der Waals surface area contributed by atoms with Crippen molar-refractivity contribution in [3.05, 3.63) is 74.4 Å². The van der Waals surface area contributed by atoms with E-state index in [1.165, 1.54) is 40.6 Å². The van der Waals surface area contributed by atoms with E-state index in [-0.39, 0.29) is 16.5 Å². The first-order valence-electron chi connectivity index (χ1n) is 12.0. The molecular weight excluding hydrogens is 553 g/mol. The van der Waals surface area contributed by atoms with Gasteiger partial charge in [-0.15, -0.1) is 0 Å². The zero-order valence-electron chi connectivity index (χ0n) is 22.0. The van der Waals surface area contributed by atoms with E-state index in [1.54, 1.807) is 6.07 Å². The van der Waals surface area contributed by atoms with Crippen LogP contribution in [-0.4, -0.2) is 34.5 Å². The number of halogens is 4. The van der Waals surface area contributed by atoms with Crippen LogP contribution in [0.2, 0.25) is 5.02 Å². The van der Waals surface area contributed by atoms with Crippen LogP contribution in [0.25, 0.3) is 11.1 Å². The average molecular weight is 579 g/mol. The molecule has 2 N–H and O–H groups in total. The summed E-state index contributed by atoms with van der Waals surface area (Å²) in [6.07, 6.45) is -3.77. The maximum Gasteiger partial charge on any atom is 0.416 e. The summed E-state index contributed by atoms with van der Waals surface area (Å²) in [7, 11) is 5.85. The van der Waals surface area contributed by atoms with Gasteiger partial charge < -0.3 is 29.6 Å². The third-order valence-corrected chi connectivity index (χ3v) is 6.88. The van der Waals surface area contributed by atoms with Crippen molar-refractivity contribution in [1.29, 1.82) is 0 Å². The summed E-state index contributed by atoms with van der Waals surface area (Å²) < 4.78 is 61.1. The van der Waals surface area contributed by atoms with Crippen molar-refractivity contribution in [1.82, 2.24) is 5.32 Å². The molecule has 3 aromatic carbocycles. The van der Waals surface area contributed by atoms with E-state index in [1.807, 2.05) is 6.07 Å². The fraction of sp³-hybridized carbons (Fsp3) is 0.286. The summed E-state index contributed by atoms with van der Waals surface area (Å²) >= 11 is 6.02. The summed E-state index contributed by atoms with van der Waals surface area (Å²) in [6, 6.07) is 7.64. The molecule has 0 aromatic heterocycles. The average Bonchev–Trinajstić information content (AvgIpc) is 3.16. The van der Waals surface area contributed by atoms with Gasteiger partial charge in [0.25, 0.3) is 0 Å². The number of nitrogens with one attached hydrogen (secondary N) is 2. The van der Waals surface area contributed by atoms with Crippen molar-refractivity contribution in [3.8, 4) is 34.1 Å². The molecule has 212 valence electrons. The summed E-state index contributed by atoms with van der Waals surface area (Å²) in [4.78, 5) is 26.0.